The molecule has 0 aromatic rings. The number of hydrogen-bond donors (Lipinski definition) is 8. The Kier molecular flexibility index (Phi) is 11.5. The maximum absolute atomic E-state index is 11.9. The van der Waals surface area contributed by atoms with Crippen LogP contribution in [0.2, 0.25) is 0 Å². The minimum absolute atomic E-state index is 0.388. The van der Waals surface area contributed by atoms with Crippen molar-refractivity contribution in [3.8, 4) is 0 Å². The first-order chi connectivity index (χ1) is 13.1. The van der Waals surface area contributed by atoms with Crippen LogP contribution in [0, 0.1) is 0 Å². The third kappa shape index (κ3) is 11.4. The molecule has 14 nitrogen and oxygen atoms in total. The van der Waals surface area contributed by atoms with E-state index in [1.807, 2.05) is 5.32 Å². The number of hydrogen-bond acceptors (Lipinski definition) is 8. The first-order valence-electron chi connectivity index (χ1n) is 8.03. The van der Waals surface area contributed by atoms with Crippen LogP contribution in [0.3, 0.4) is 0 Å². The molecule has 2 atom stereocenters. The lowest BCUT2D eigenvalue weighted by Gasteiger charge is -2.20. The van der Waals surface area contributed by atoms with Crippen molar-refractivity contribution < 1.29 is 39.0 Å². The Morgan fingerprint density at radius 1 is 0.786 bits per heavy atom. The summed E-state index contributed by atoms with van der Waals surface area (Å²) in [6, 6.07) is -1.31. The molecule has 0 spiro atoms. The highest BCUT2D eigenvalue weighted by Crippen LogP contribution is 1.93. The first kappa shape index (κ1) is 24.7. The molecule has 0 aliphatic heterocycles. The average molecular weight is 404 g/mol. The normalized spacial score (nSPS) is 12.1. The largest absolute Gasteiger partial charge is 0.480 e. The van der Waals surface area contributed by atoms with Gasteiger partial charge in [0.15, 0.2) is 0 Å². The molecule has 14 heteroatoms. The fourth-order valence-electron chi connectivity index (χ4n) is 1.63. The highest BCUT2D eigenvalue weighted by Gasteiger charge is 2.25. The van der Waals surface area contributed by atoms with E-state index in [1.165, 1.54) is 6.92 Å². The summed E-state index contributed by atoms with van der Waals surface area (Å²) in [5.74, 6) is -4.93. The van der Waals surface area contributed by atoms with Crippen LogP contribution in [-0.2, 0) is 28.8 Å². The second-order valence-electron chi connectivity index (χ2n) is 5.43. The summed E-state index contributed by atoms with van der Waals surface area (Å²) in [6.45, 7) is -1.23. The van der Waals surface area contributed by atoms with Gasteiger partial charge in [-0.2, -0.15) is 0 Å². The minimum Gasteiger partial charge on any atom is -0.480 e. The van der Waals surface area contributed by atoms with E-state index in [4.69, 9.17) is 10.8 Å². The molecule has 5 amide bonds. The van der Waals surface area contributed by atoms with E-state index in [0.717, 1.165) is 0 Å². The first-order valence-corrected chi connectivity index (χ1v) is 8.03. The van der Waals surface area contributed by atoms with Crippen molar-refractivity contribution in [3.63, 3.8) is 0 Å². The van der Waals surface area contributed by atoms with E-state index in [1.54, 1.807) is 0 Å². The number of amides is 5. The van der Waals surface area contributed by atoms with Gasteiger partial charge in [0.05, 0.1) is 32.3 Å². The molecular formula is C14H24N6O8. The molecule has 158 valence electrons. The quantitative estimate of drug-likeness (QED) is 0.155. The molecule has 0 aliphatic rings. The minimum atomic E-state index is -1.31. The second kappa shape index (κ2) is 13.0. The van der Waals surface area contributed by atoms with Gasteiger partial charge in [-0.05, 0) is 6.92 Å². The maximum Gasteiger partial charge on any atom is 0.322 e. The molecule has 0 rings (SSSR count). The number of carboxylic acid groups (broad SMARTS) is 1. The summed E-state index contributed by atoms with van der Waals surface area (Å²) in [6.07, 6.45) is -1.24. The number of rotatable bonds is 12. The maximum atomic E-state index is 11.9. The lowest BCUT2D eigenvalue weighted by molar-refractivity contribution is -0.137. The van der Waals surface area contributed by atoms with Crippen LogP contribution in [0.5, 0.6) is 0 Å². The van der Waals surface area contributed by atoms with Crippen LogP contribution in [0.1, 0.15) is 6.92 Å². The van der Waals surface area contributed by atoms with E-state index in [9.17, 15) is 33.9 Å². The van der Waals surface area contributed by atoms with Crippen molar-refractivity contribution in [1.29, 1.82) is 0 Å². The zero-order valence-electron chi connectivity index (χ0n) is 15.1. The summed E-state index contributed by atoms with van der Waals surface area (Å²) in [4.78, 5) is 67.7. The molecule has 0 bridgehead atoms. The van der Waals surface area contributed by atoms with Crippen LogP contribution in [0.4, 0.5) is 0 Å². The zero-order chi connectivity index (χ0) is 21.7. The van der Waals surface area contributed by atoms with Crippen molar-refractivity contribution in [1.82, 2.24) is 26.6 Å². The van der Waals surface area contributed by atoms with Gasteiger partial charge in [0, 0.05) is 0 Å². The van der Waals surface area contributed by atoms with E-state index >= 15 is 0 Å². The molecule has 28 heavy (non-hydrogen) atoms. The number of nitrogens with two attached hydrogens (primary N) is 1. The van der Waals surface area contributed by atoms with Crippen LogP contribution < -0.4 is 32.3 Å². The molecular weight excluding hydrogens is 380 g/mol. The Morgan fingerprint density at radius 3 is 1.61 bits per heavy atom. The average Bonchev–Trinajstić information content (AvgIpc) is 2.64. The standard InChI is InChI=1S/C14H24N6O8/c1-7(21)13(20-8(22)2-15)14(28)19-5-11(25)17-3-9(23)16-4-10(24)18-6-12(26)27/h7,13,21H,2-6,15H2,1H3,(H,16,23)(H,17,25)(H,18,24)(H,19,28)(H,20,22)(H,26,27). The summed E-state index contributed by atoms with van der Waals surface area (Å²) < 4.78 is 0. The van der Waals surface area contributed by atoms with Gasteiger partial charge in [0.2, 0.25) is 29.5 Å². The summed E-state index contributed by atoms with van der Waals surface area (Å²) in [5, 5.41) is 28.6. The number of aliphatic carboxylic acids is 1. The summed E-state index contributed by atoms with van der Waals surface area (Å²) in [7, 11) is 0. The van der Waals surface area contributed by atoms with Crippen molar-refractivity contribution in [2.45, 2.75) is 19.1 Å². The Hall–Kier alpha value is -3.26. The third-order valence-electron chi connectivity index (χ3n) is 3.02. The van der Waals surface area contributed by atoms with Gasteiger partial charge in [0.1, 0.15) is 12.6 Å². The summed E-state index contributed by atoms with van der Waals surface area (Å²) in [5.41, 5.74) is 5.11. The van der Waals surface area contributed by atoms with Gasteiger partial charge >= 0.3 is 5.97 Å². The molecule has 0 aromatic carbocycles. The number of carbonyl (C=O) groups excluding carboxylic acids is 5. The molecule has 0 saturated heterocycles. The number of carboxylic acids is 1. The Labute approximate surface area is 159 Å². The highest BCUT2D eigenvalue weighted by atomic mass is 16.4. The fraction of sp³-hybridized carbons (Fsp3) is 0.571. The zero-order valence-corrected chi connectivity index (χ0v) is 15.1. The lowest BCUT2D eigenvalue weighted by atomic mass is 10.1. The van der Waals surface area contributed by atoms with Crippen molar-refractivity contribution in [2.24, 2.45) is 5.73 Å². The fourth-order valence-corrected chi connectivity index (χ4v) is 1.63. The van der Waals surface area contributed by atoms with Gasteiger partial charge in [-0.15, -0.1) is 0 Å². The highest BCUT2D eigenvalue weighted by molar-refractivity contribution is 5.92. The predicted octanol–water partition coefficient (Wildman–Crippen LogP) is -5.64. The molecule has 0 heterocycles. The monoisotopic (exact) mass is 404 g/mol. The van der Waals surface area contributed by atoms with Crippen molar-refractivity contribution in [3.05, 3.63) is 0 Å². The molecule has 9 N–H and O–H groups in total. The van der Waals surface area contributed by atoms with E-state index in [2.05, 4.69) is 21.3 Å². The number of aliphatic hydroxyl groups is 1. The lowest BCUT2D eigenvalue weighted by Crippen LogP contribution is -2.55. The Bertz CT molecular complexity index is 609. The van der Waals surface area contributed by atoms with Gasteiger partial charge in [-0.1, -0.05) is 0 Å². The summed E-state index contributed by atoms with van der Waals surface area (Å²) >= 11 is 0. The SMILES string of the molecule is CC(O)C(NC(=O)CN)C(=O)NCC(=O)NCC(=O)NCC(=O)NCC(=O)O. The van der Waals surface area contributed by atoms with Gasteiger partial charge in [-0.3, -0.25) is 28.8 Å². The van der Waals surface area contributed by atoms with E-state index < -0.39 is 73.8 Å². The molecule has 0 radical (unpaired) electrons. The molecule has 2 unspecified atom stereocenters. The van der Waals surface area contributed by atoms with Gasteiger partial charge < -0.3 is 42.5 Å². The molecule has 0 fully saturated rings. The Morgan fingerprint density at radius 2 is 1.21 bits per heavy atom. The predicted molar refractivity (Wildman–Crippen MR) is 92.3 cm³/mol. The number of nitrogens with one attached hydrogen (secondary N) is 5. The number of aliphatic hydroxyl groups excluding tert-OH is 1. The van der Waals surface area contributed by atoms with Crippen molar-refractivity contribution >= 4 is 35.5 Å². The van der Waals surface area contributed by atoms with Crippen LogP contribution in [0.25, 0.3) is 0 Å². The Balaban J connectivity index is 4.18. The molecule has 0 aliphatic carbocycles. The van der Waals surface area contributed by atoms with Crippen LogP contribution in [0.15, 0.2) is 0 Å². The second-order valence-corrected chi connectivity index (χ2v) is 5.43. The molecule has 0 saturated carbocycles. The van der Waals surface area contributed by atoms with E-state index in [-0.39, 0.29) is 6.54 Å². The third-order valence-corrected chi connectivity index (χ3v) is 3.02. The number of carbonyl (C=O) groups is 6. The topological polar surface area (TPSA) is 229 Å². The van der Waals surface area contributed by atoms with Crippen LogP contribution >= 0.6 is 0 Å². The van der Waals surface area contributed by atoms with Gasteiger partial charge in [0.25, 0.3) is 0 Å². The molecule has 0 aromatic heterocycles. The van der Waals surface area contributed by atoms with E-state index in [0.29, 0.717) is 0 Å². The smallest absolute Gasteiger partial charge is 0.322 e. The van der Waals surface area contributed by atoms with Crippen molar-refractivity contribution in [2.75, 3.05) is 32.7 Å². The van der Waals surface area contributed by atoms with Gasteiger partial charge in [-0.25, -0.2) is 0 Å². The van der Waals surface area contributed by atoms with Crippen LogP contribution in [-0.4, -0.2) is 90.6 Å².